The molecule has 0 saturated heterocycles. The Kier molecular flexibility index (Phi) is 4.76. The Morgan fingerprint density at radius 3 is 2.95 bits per heavy atom. The molecule has 19 heavy (non-hydrogen) atoms. The van der Waals surface area contributed by atoms with Gasteiger partial charge in [0.2, 0.25) is 0 Å². The molecule has 0 amide bonds. The maximum atomic E-state index is 5.97. The molecule has 0 spiro atoms. The SMILES string of the molecule is CCc1noc(COc2ccc(Cl)cc2CNC)n1. The standard InChI is InChI=1S/C13H16ClN3O2/c1-3-12-16-13(19-17-12)8-18-11-5-4-10(14)6-9(11)7-15-2/h4-6,15H,3,7-8H2,1-2H3. The van der Waals surface area contributed by atoms with E-state index in [0.29, 0.717) is 23.3 Å². The van der Waals surface area contributed by atoms with Gasteiger partial charge in [0.25, 0.3) is 5.89 Å². The van der Waals surface area contributed by atoms with Crippen molar-refractivity contribution in [1.82, 2.24) is 15.5 Å². The average molecular weight is 282 g/mol. The highest BCUT2D eigenvalue weighted by atomic mass is 35.5. The summed E-state index contributed by atoms with van der Waals surface area (Å²) in [5, 5.41) is 7.58. The van der Waals surface area contributed by atoms with Gasteiger partial charge in [-0.25, -0.2) is 0 Å². The van der Waals surface area contributed by atoms with Crippen molar-refractivity contribution >= 4 is 11.6 Å². The predicted molar refractivity (Wildman–Crippen MR) is 72.2 cm³/mol. The quantitative estimate of drug-likeness (QED) is 0.882. The van der Waals surface area contributed by atoms with Gasteiger partial charge in [-0.2, -0.15) is 4.98 Å². The highest BCUT2D eigenvalue weighted by molar-refractivity contribution is 6.30. The van der Waals surface area contributed by atoms with Crippen molar-refractivity contribution in [3.05, 3.63) is 40.5 Å². The topological polar surface area (TPSA) is 60.2 Å². The molecule has 1 N–H and O–H groups in total. The number of aryl methyl sites for hydroxylation is 1. The van der Waals surface area contributed by atoms with Gasteiger partial charge in [0, 0.05) is 23.6 Å². The molecule has 5 nitrogen and oxygen atoms in total. The third kappa shape index (κ3) is 3.68. The lowest BCUT2D eigenvalue weighted by Gasteiger charge is -2.10. The van der Waals surface area contributed by atoms with E-state index in [1.165, 1.54) is 0 Å². The lowest BCUT2D eigenvalue weighted by atomic mass is 10.2. The predicted octanol–water partition coefficient (Wildman–Crippen LogP) is 2.58. The Hall–Kier alpha value is -1.59. The summed E-state index contributed by atoms with van der Waals surface area (Å²) in [5.41, 5.74) is 0.991. The van der Waals surface area contributed by atoms with Crippen LogP contribution in [0.2, 0.25) is 5.02 Å². The maximum absolute atomic E-state index is 5.97. The number of rotatable bonds is 6. The smallest absolute Gasteiger partial charge is 0.264 e. The molecule has 6 heteroatoms. The monoisotopic (exact) mass is 281 g/mol. The molecule has 0 aliphatic heterocycles. The van der Waals surface area contributed by atoms with Gasteiger partial charge in [-0.3, -0.25) is 0 Å². The lowest BCUT2D eigenvalue weighted by Crippen LogP contribution is -2.07. The number of nitrogens with one attached hydrogen (secondary N) is 1. The molecule has 0 bridgehead atoms. The third-order valence-electron chi connectivity index (χ3n) is 2.57. The summed E-state index contributed by atoms with van der Waals surface area (Å²) in [7, 11) is 1.87. The Labute approximate surface area is 116 Å². The Bertz CT molecular complexity index is 542. The van der Waals surface area contributed by atoms with Crippen LogP contribution in [0.4, 0.5) is 0 Å². The number of benzene rings is 1. The summed E-state index contributed by atoms with van der Waals surface area (Å²) in [6.45, 7) is 2.91. The Balaban J connectivity index is 2.05. The summed E-state index contributed by atoms with van der Waals surface area (Å²) in [6.07, 6.45) is 0.745. The van der Waals surface area contributed by atoms with Crippen LogP contribution < -0.4 is 10.1 Å². The molecule has 2 aromatic rings. The van der Waals surface area contributed by atoms with Gasteiger partial charge in [0.15, 0.2) is 12.4 Å². The van der Waals surface area contributed by atoms with Crippen molar-refractivity contribution in [2.24, 2.45) is 0 Å². The first kappa shape index (κ1) is 13.8. The average Bonchev–Trinajstić information content (AvgIpc) is 2.86. The van der Waals surface area contributed by atoms with Gasteiger partial charge in [-0.15, -0.1) is 0 Å². The van der Waals surface area contributed by atoms with Crippen LogP contribution in [0.25, 0.3) is 0 Å². The van der Waals surface area contributed by atoms with E-state index >= 15 is 0 Å². The molecule has 1 aromatic carbocycles. The van der Waals surface area contributed by atoms with Crippen LogP contribution >= 0.6 is 11.6 Å². The number of hydrogen-bond donors (Lipinski definition) is 1. The molecule has 1 heterocycles. The molecule has 0 aliphatic rings. The van der Waals surface area contributed by atoms with Crippen LogP contribution in [0.3, 0.4) is 0 Å². The normalized spacial score (nSPS) is 10.7. The van der Waals surface area contributed by atoms with Crippen molar-refractivity contribution in [2.75, 3.05) is 7.05 Å². The van der Waals surface area contributed by atoms with Gasteiger partial charge in [0.1, 0.15) is 5.75 Å². The second-order valence-corrected chi connectivity index (χ2v) is 4.47. The minimum atomic E-state index is 0.255. The van der Waals surface area contributed by atoms with E-state index in [4.69, 9.17) is 20.9 Å². The molecule has 0 atom stereocenters. The van der Waals surface area contributed by atoms with Crippen LogP contribution in [0.1, 0.15) is 24.2 Å². The first-order chi connectivity index (χ1) is 9.22. The third-order valence-corrected chi connectivity index (χ3v) is 2.80. The number of aromatic nitrogens is 2. The molecule has 2 rings (SSSR count). The Morgan fingerprint density at radius 1 is 1.42 bits per heavy atom. The molecule has 0 saturated carbocycles. The zero-order chi connectivity index (χ0) is 13.7. The number of halogens is 1. The number of ether oxygens (including phenoxy) is 1. The number of hydrogen-bond acceptors (Lipinski definition) is 5. The fraction of sp³-hybridized carbons (Fsp3) is 0.385. The number of nitrogens with zero attached hydrogens (tertiary/aromatic N) is 2. The zero-order valence-corrected chi connectivity index (χ0v) is 11.7. The highest BCUT2D eigenvalue weighted by Crippen LogP contribution is 2.23. The van der Waals surface area contributed by atoms with E-state index in [-0.39, 0.29) is 6.61 Å². The van der Waals surface area contributed by atoms with Crippen LogP contribution in [-0.2, 0) is 19.6 Å². The van der Waals surface area contributed by atoms with E-state index in [9.17, 15) is 0 Å². The largest absolute Gasteiger partial charge is 0.483 e. The van der Waals surface area contributed by atoms with Crippen LogP contribution in [0.5, 0.6) is 5.75 Å². The van der Waals surface area contributed by atoms with Gasteiger partial charge >= 0.3 is 0 Å². The fourth-order valence-electron chi connectivity index (χ4n) is 1.65. The van der Waals surface area contributed by atoms with E-state index < -0.39 is 0 Å². The molecule has 102 valence electrons. The van der Waals surface area contributed by atoms with E-state index in [0.717, 1.165) is 17.7 Å². The molecule has 0 aliphatic carbocycles. The molecular formula is C13H16ClN3O2. The first-order valence-corrected chi connectivity index (χ1v) is 6.48. The van der Waals surface area contributed by atoms with Gasteiger partial charge in [-0.05, 0) is 25.2 Å². The van der Waals surface area contributed by atoms with E-state index in [1.54, 1.807) is 6.07 Å². The van der Waals surface area contributed by atoms with Gasteiger partial charge in [-0.1, -0.05) is 23.7 Å². The molecular weight excluding hydrogens is 266 g/mol. The van der Waals surface area contributed by atoms with Crippen LogP contribution in [0, 0.1) is 0 Å². The summed E-state index contributed by atoms with van der Waals surface area (Å²) < 4.78 is 10.8. The first-order valence-electron chi connectivity index (χ1n) is 6.10. The second-order valence-electron chi connectivity index (χ2n) is 4.03. The van der Waals surface area contributed by atoms with Gasteiger partial charge in [0.05, 0.1) is 0 Å². The molecule has 0 unspecified atom stereocenters. The summed E-state index contributed by atoms with van der Waals surface area (Å²) >= 11 is 5.97. The van der Waals surface area contributed by atoms with Gasteiger partial charge < -0.3 is 14.6 Å². The molecule has 0 radical (unpaired) electrons. The van der Waals surface area contributed by atoms with Crippen molar-refractivity contribution in [3.8, 4) is 5.75 Å². The molecule has 1 aromatic heterocycles. The summed E-state index contributed by atoms with van der Waals surface area (Å²) in [6, 6.07) is 5.51. The van der Waals surface area contributed by atoms with E-state index in [1.807, 2.05) is 26.1 Å². The highest BCUT2D eigenvalue weighted by Gasteiger charge is 2.08. The van der Waals surface area contributed by atoms with Crippen molar-refractivity contribution < 1.29 is 9.26 Å². The maximum Gasteiger partial charge on any atom is 0.264 e. The van der Waals surface area contributed by atoms with Crippen LogP contribution in [0.15, 0.2) is 22.7 Å². The van der Waals surface area contributed by atoms with Crippen molar-refractivity contribution in [2.45, 2.75) is 26.5 Å². The lowest BCUT2D eigenvalue weighted by molar-refractivity contribution is 0.240. The van der Waals surface area contributed by atoms with Crippen molar-refractivity contribution in [1.29, 1.82) is 0 Å². The minimum Gasteiger partial charge on any atom is -0.483 e. The van der Waals surface area contributed by atoms with Crippen LogP contribution in [-0.4, -0.2) is 17.2 Å². The minimum absolute atomic E-state index is 0.255. The Morgan fingerprint density at radius 2 is 2.26 bits per heavy atom. The zero-order valence-electron chi connectivity index (χ0n) is 10.9. The molecule has 0 fully saturated rings. The summed E-state index contributed by atoms with van der Waals surface area (Å²) in [4.78, 5) is 4.19. The summed E-state index contributed by atoms with van der Waals surface area (Å²) in [5.74, 6) is 1.92. The van der Waals surface area contributed by atoms with E-state index in [2.05, 4.69) is 15.5 Å². The van der Waals surface area contributed by atoms with Crippen molar-refractivity contribution in [3.63, 3.8) is 0 Å². The second kappa shape index (κ2) is 6.54. The fourth-order valence-corrected chi connectivity index (χ4v) is 1.84.